The van der Waals surface area contributed by atoms with Gasteiger partial charge in [-0.2, -0.15) is 0 Å². The zero-order valence-electron chi connectivity index (χ0n) is 9.16. The molecule has 0 bridgehead atoms. The number of quaternary nitrogens is 1. The molecular formula is C12H22N+. The summed E-state index contributed by atoms with van der Waals surface area (Å²) >= 11 is 0. The van der Waals surface area contributed by atoms with E-state index in [1.165, 1.54) is 30.5 Å². The molecule has 1 heteroatoms. The molecule has 1 nitrogen and oxygen atoms in total. The van der Waals surface area contributed by atoms with Gasteiger partial charge in [-0.05, 0) is 19.3 Å². The molecule has 0 amide bonds. The summed E-state index contributed by atoms with van der Waals surface area (Å²) in [4.78, 5) is 0. The van der Waals surface area contributed by atoms with Gasteiger partial charge in [0, 0.05) is 11.8 Å². The molecule has 0 aromatic carbocycles. The third kappa shape index (κ3) is 0.869. The molecule has 2 aliphatic heterocycles. The SMILES string of the molecule is CC1CC2C[N+]3(CC(C)C3C)CC12. The molecule has 0 aromatic rings. The fourth-order valence-electron chi connectivity index (χ4n) is 4.37. The third-order valence-corrected chi connectivity index (χ3v) is 5.52. The topological polar surface area (TPSA) is 0 Å². The normalized spacial score (nSPS) is 64.4. The van der Waals surface area contributed by atoms with Crippen LogP contribution in [0.25, 0.3) is 0 Å². The van der Waals surface area contributed by atoms with Crippen LogP contribution in [0.3, 0.4) is 0 Å². The van der Waals surface area contributed by atoms with E-state index in [1.807, 2.05) is 0 Å². The van der Waals surface area contributed by atoms with E-state index in [-0.39, 0.29) is 0 Å². The van der Waals surface area contributed by atoms with Crippen molar-refractivity contribution < 1.29 is 4.48 Å². The molecule has 1 saturated carbocycles. The Hall–Kier alpha value is -0.0400. The first-order chi connectivity index (χ1) is 6.12. The van der Waals surface area contributed by atoms with Gasteiger partial charge in [0.2, 0.25) is 0 Å². The van der Waals surface area contributed by atoms with Crippen molar-refractivity contribution in [3.63, 3.8) is 0 Å². The maximum Gasteiger partial charge on any atom is 0.0942 e. The quantitative estimate of drug-likeness (QED) is 0.501. The molecule has 0 radical (unpaired) electrons. The minimum Gasteiger partial charge on any atom is -0.320 e. The first-order valence-corrected chi connectivity index (χ1v) is 5.98. The average Bonchev–Trinajstić information content (AvgIpc) is 2.41. The molecule has 0 aromatic heterocycles. The Labute approximate surface area is 81.7 Å². The summed E-state index contributed by atoms with van der Waals surface area (Å²) in [7, 11) is 0. The maximum atomic E-state index is 2.48. The summed E-state index contributed by atoms with van der Waals surface area (Å²) in [5.41, 5.74) is 0. The summed E-state index contributed by atoms with van der Waals surface area (Å²) in [6.07, 6.45) is 1.53. The van der Waals surface area contributed by atoms with Crippen molar-refractivity contribution in [2.24, 2.45) is 23.7 Å². The fraction of sp³-hybridized carbons (Fsp3) is 1.00. The van der Waals surface area contributed by atoms with Crippen LogP contribution in [0.1, 0.15) is 27.2 Å². The molecular weight excluding hydrogens is 158 g/mol. The minimum atomic E-state index is 0.970. The minimum absolute atomic E-state index is 0.970. The molecule has 1 aliphatic carbocycles. The Morgan fingerprint density at radius 3 is 2.15 bits per heavy atom. The monoisotopic (exact) mass is 180 g/mol. The van der Waals surface area contributed by atoms with E-state index in [9.17, 15) is 0 Å². The molecule has 2 saturated heterocycles. The summed E-state index contributed by atoms with van der Waals surface area (Å²) < 4.78 is 1.50. The Bertz CT molecular complexity index is 235. The summed E-state index contributed by atoms with van der Waals surface area (Å²) in [6.45, 7) is 11.9. The van der Waals surface area contributed by atoms with Crippen molar-refractivity contribution in [2.75, 3.05) is 19.6 Å². The second-order valence-corrected chi connectivity index (χ2v) is 6.12. The zero-order chi connectivity index (χ0) is 9.22. The van der Waals surface area contributed by atoms with E-state index in [2.05, 4.69) is 20.8 Å². The van der Waals surface area contributed by atoms with Gasteiger partial charge >= 0.3 is 0 Å². The maximum absolute atomic E-state index is 2.48. The van der Waals surface area contributed by atoms with Crippen LogP contribution in [0, 0.1) is 23.7 Å². The Morgan fingerprint density at radius 2 is 1.69 bits per heavy atom. The van der Waals surface area contributed by atoms with Crippen molar-refractivity contribution in [3.05, 3.63) is 0 Å². The molecule has 74 valence electrons. The Kier molecular flexibility index (Phi) is 1.47. The van der Waals surface area contributed by atoms with Crippen molar-refractivity contribution in [2.45, 2.75) is 33.2 Å². The van der Waals surface area contributed by atoms with Gasteiger partial charge in [0.25, 0.3) is 0 Å². The van der Waals surface area contributed by atoms with E-state index < -0.39 is 0 Å². The molecule has 3 rings (SSSR count). The van der Waals surface area contributed by atoms with Crippen LogP contribution in [0.15, 0.2) is 0 Å². The lowest BCUT2D eigenvalue weighted by Crippen LogP contribution is -2.67. The highest BCUT2D eigenvalue weighted by molar-refractivity contribution is 4.94. The highest BCUT2D eigenvalue weighted by atomic mass is 15.4. The molecule has 6 unspecified atom stereocenters. The van der Waals surface area contributed by atoms with Gasteiger partial charge in [-0.3, -0.25) is 0 Å². The van der Waals surface area contributed by atoms with Crippen molar-refractivity contribution in [1.82, 2.24) is 0 Å². The molecule has 0 N–H and O–H groups in total. The molecule has 6 atom stereocenters. The molecule has 1 spiro atoms. The predicted octanol–water partition coefficient (Wildman–Crippen LogP) is 2.13. The molecule has 13 heavy (non-hydrogen) atoms. The van der Waals surface area contributed by atoms with Gasteiger partial charge in [-0.1, -0.05) is 13.8 Å². The molecule has 3 fully saturated rings. The average molecular weight is 180 g/mol. The first kappa shape index (κ1) is 8.28. The van der Waals surface area contributed by atoms with E-state index in [4.69, 9.17) is 0 Å². The number of hydrogen-bond donors (Lipinski definition) is 0. The lowest BCUT2D eigenvalue weighted by atomic mass is 9.68. The summed E-state index contributed by atoms with van der Waals surface area (Å²) in [5.74, 6) is 4.26. The van der Waals surface area contributed by atoms with E-state index in [0.717, 1.165) is 29.7 Å². The Morgan fingerprint density at radius 1 is 0.923 bits per heavy atom. The molecule has 2 heterocycles. The zero-order valence-corrected chi connectivity index (χ0v) is 9.16. The standard InChI is InChI=1S/C12H22N/c1-8-4-11-6-13(7-12(8)11)5-9(2)10(13)3/h8-12H,4-7H2,1-3H3/q+1. The Balaban J connectivity index is 1.76. The second-order valence-electron chi connectivity index (χ2n) is 6.12. The molecule has 3 aliphatic rings. The van der Waals surface area contributed by atoms with Gasteiger partial charge in [-0.15, -0.1) is 0 Å². The lowest BCUT2D eigenvalue weighted by Gasteiger charge is -2.53. The van der Waals surface area contributed by atoms with Crippen molar-refractivity contribution in [1.29, 1.82) is 0 Å². The van der Waals surface area contributed by atoms with Crippen LogP contribution in [0.5, 0.6) is 0 Å². The highest BCUT2D eigenvalue weighted by Gasteiger charge is 2.60. The lowest BCUT2D eigenvalue weighted by molar-refractivity contribution is -0.989. The first-order valence-electron chi connectivity index (χ1n) is 5.98. The third-order valence-electron chi connectivity index (χ3n) is 5.52. The van der Waals surface area contributed by atoms with Crippen molar-refractivity contribution in [3.8, 4) is 0 Å². The van der Waals surface area contributed by atoms with Crippen LogP contribution >= 0.6 is 0 Å². The van der Waals surface area contributed by atoms with Gasteiger partial charge in [0.1, 0.15) is 0 Å². The van der Waals surface area contributed by atoms with Gasteiger partial charge < -0.3 is 4.48 Å². The number of hydrogen-bond acceptors (Lipinski definition) is 0. The van der Waals surface area contributed by atoms with Crippen LogP contribution in [-0.2, 0) is 0 Å². The fourth-order valence-corrected chi connectivity index (χ4v) is 4.37. The van der Waals surface area contributed by atoms with Gasteiger partial charge in [0.15, 0.2) is 0 Å². The van der Waals surface area contributed by atoms with Crippen LogP contribution < -0.4 is 0 Å². The van der Waals surface area contributed by atoms with Crippen LogP contribution in [0.2, 0.25) is 0 Å². The number of fused-ring (bicyclic) bond motifs is 1. The summed E-state index contributed by atoms with van der Waals surface area (Å²) in [6, 6.07) is 0.970. The van der Waals surface area contributed by atoms with Gasteiger partial charge in [-0.25, -0.2) is 0 Å². The number of rotatable bonds is 0. The predicted molar refractivity (Wildman–Crippen MR) is 54.2 cm³/mol. The largest absolute Gasteiger partial charge is 0.320 e. The van der Waals surface area contributed by atoms with Crippen LogP contribution in [0.4, 0.5) is 0 Å². The van der Waals surface area contributed by atoms with E-state index >= 15 is 0 Å². The smallest absolute Gasteiger partial charge is 0.0942 e. The highest BCUT2D eigenvalue weighted by Crippen LogP contribution is 2.52. The van der Waals surface area contributed by atoms with E-state index in [0.29, 0.717) is 0 Å². The van der Waals surface area contributed by atoms with Crippen LogP contribution in [-0.4, -0.2) is 30.2 Å². The van der Waals surface area contributed by atoms with E-state index in [1.54, 1.807) is 0 Å². The second kappa shape index (κ2) is 2.31. The summed E-state index contributed by atoms with van der Waals surface area (Å²) in [5, 5.41) is 0. The van der Waals surface area contributed by atoms with Gasteiger partial charge in [0.05, 0.1) is 31.6 Å². The van der Waals surface area contributed by atoms with Crippen molar-refractivity contribution >= 4 is 0 Å². The number of nitrogens with zero attached hydrogens (tertiary/aromatic N) is 1.